The van der Waals surface area contributed by atoms with E-state index >= 15 is 0 Å². The van der Waals surface area contributed by atoms with Gasteiger partial charge in [-0.15, -0.1) is 0 Å². The number of hydrogen-bond acceptors (Lipinski definition) is 4. The molecule has 0 aliphatic heterocycles. The van der Waals surface area contributed by atoms with Crippen molar-refractivity contribution in [3.05, 3.63) is 22.7 Å². The zero-order chi connectivity index (χ0) is 16.4. The highest BCUT2D eigenvalue weighted by molar-refractivity contribution is 8.13. The van der Waals surface area contributed by atoms with Crippen molar-refractivity contribution in [1.82, 2.24) is 5.32 Å². The summed E-state index contributed by atoms with van der Waals surface area (Å²) in [4.78, 5) is 12.0. The fraction of sp³-hybridized carbons (Fsp3) is 0.462. The van der Waals surface area contributed by atoms with E-state index < -0.39 is 15.0 Å². The van der Waals surface area contributed by atoms with Crippen LogP contribution >= 0.6 is 22.3 Å². The topological polar surface area (TPSA) is 72.5 Å². The quantitative estimate of drug-likeness (QED) is 0.825. The number of benzene rings is 1. The summed E-state index contributed by atoms with van der Waals surface area (Å²) in [6.45, 7) is 5.75. The van der Waals surface area contributed by atoms with Crippen LogP contribution in [0.3, 0.4) is 0 Å². The molecule has 0 bridgehead atoms. The third-order valence-corrected chi connectivity index (χ3v) is 4.64. The molecule has 118 valence electrons. The van der Waals surface area contributed by atoms with Crippen LogP contribution in [0.15, 0.2) is 17.0 Å². The van der Waals surface area contributed by atoms with Crippen LogP contribution in [-0.2, 0) is 9.05 Å². The van der Waals surface area contributed by atoms with E-state index in [-0.39, 0.29) is 33.2 Å². The van der Waals surface area contributed by atoms with Crippen molar-refractivity contribution in [1.29, 1.82) is 0 Å². The minimum atomic E-state index is -4.09. The summed E-state index contributed by atoms with van der Waals surface area (Å²) >= 11 is 5.87. The molecule has 5 nitrogen and oxygen atoms in total. The maximum atomic E-state index is 12.3. The molecule has 0 saturated heterocycles. The normalized spacial score (nSPS) is 13.1. The van der Waals surface area contributed by atoms with Gasteiger partial charge in [0, 0.05) is 21.7 Å². The molecular formula is C13H17Cl2NO4S. The number of nitrogens with one attached hydrogen (secondary N) is 1. The molecule has 1 aromatic carbocycles. The largest absolute Gasteiger partial charge is 0.494 e. The molecule has 0 aliphatic carbocycles. The average Bonchev–Trinajstić information content (AvgIpc) is 2.36. The van der Waals surface area contributed by atoms with Crippen LogP contribution in [0.2, 0.25) is 5.02 Å². The van der Waals surface area contributed by atoms with Gasteiger partial charge in [-0.2, -0.15) is 0 Å². The molecule has 0 spiro atoms. The molecule has 0 aliphatic rings. The Kier molecular flexibility index (Phi) is 5.90. The summed E-state index contributed by atoms with van der Waals surface area (Å²) < 4.78 is 28.2. The molecule has 0 saturated carbocycles. The number of carbonyl (C=O) groups excluding carboxylic acids is 1. The highest BCUT2D eigenvalue weighted by atomic mass is 35.7. The SMILES string of the molecule is COc1c(C(=O)NC(C)C(C)C)cc(Cl)cc1S(=O)(=O)Cl. The number of halogens is 2. The smallest absolute Gasteiger partial charge is 0.265 e. The first-order chi connectivity index (χ1) is 9.57. The van der Waals surface area contributed by atoms with Gasteiger partial charge in [-0.3, -0.25) is 4.79 Å². The Morgan fingerprint density at radius 1 is 1.29 bits per heavy atom. The first-order valence-corrected chi connectivity index (χ1v) is 8.89. The van der Waals surface area contributed by atoms with Gasteiger partial charge < -0.3 is 10.1 Å². The van der Waals surface area contributed by atoms with Gasteiger partial charge in [0.15, 0.2) is 5.75 Å². The Morgan fingerprint density at radius 2 is 1.86 bits per heavy atom. The lowest BCUT2D eigenvalue weighted by molar-refractivity contribution is 0.0927. The van der Waals surface area contributed by atoms with Crippen molar-refractivity contribution in [3.8, 4) is 5.75 Å². The van der Waals surface area contributed by atoms with Crippen LogP contribution in [-0.4, -0.2) is 27.5 Å². The highest BCUT2D eigenvalue weighted by Gasteiger charge is 2.25. The number of hydrogen-bond donors (Lipinski definition) is 1. The third-order valence-electron chi connectivity index (χ3n) is 3.09. The summed E-state index contributed by atoms with van der Waals surface area (Å²) in [6.07, 6.45) is 0. The van der Waals surface area contributed by atoms with E-state index in [9.17, 15) is 13.2 Å². The lowest BCUT2D eigenvalue weighted by atomic mass is 10.1. The van der Waals surface area contributed by atoms with Crippen LogP contribution < -0.4 is 10.1 Å². The van der Waals surface area contributed by atoms with Crippen molar-refractivity contribution in [2.24, 2.45) is 5.92 Å². The van der Waals surface area contributed by atoms with Gasteiger partial charge in [0.25, 0.3) is 15.0 Å². The second-order valence-corrected chi connectivity index (χ2v) is 7.90. The van der Waals surface area contributed by atoms with E-state index in [0.717, 1.165) is 6.07 Å². The van der Waals surface area contributed by atoms with Gasteiger partial charge >= 0.3 is 0 Å². The summed E-state index contributed by atoms with van der Waals surface area (Å²) in [5.74, 6) is -0.379. The van der Waals surface area contributed by atoms with E-state index in [1.54, 1.807) is 0 Å². The lowest BCUT2D eigenvalue weighted by Gasteiger charge is -2.19. The number of methoxy groups -OCH3 is 1. The van der Waals surface area contributed by atoms with E-state index in [0.29, 0.717) is 0 Å². The van der Waals surface area contributed by atoms with E-state index in [1.165, 1.54) is 13.2 Å². The molecular weight excluding hydrogens is 337 g/mol. The maximum absolute atomic E-state index is 12.3. The van der Waals surface area contributed by atoms with Gasteiger partial charge in [0.2, 0.25) is 0 Å². The fourth-order valence-electron chi connectivity index (χ4n) is 1.58. The Balaban J connectivity index is 3.36. The highest BCUT2D eigenvalue weighted by Crippen LogP contribution is 2.33. The summed E-state index contributed by atoms with van der Waals surface area (Å²) in [5.41, 5.74) is 0.0247. The zero-order valence-corrected chi connectivity index (χ0v) is 14.4. The molecule has 1 amide bonds. The number of ether oxygens (including phenoxy) is 1. The minimum absolute atomic E-state index is 0.0247. The molecule has 0 heterocycles. The third kappa shape index (κ3) is 4.49. The summed E-state index contributed by atoms with van der Waals surface area (Å²) in [6, 6.07) is 2.39. The van der Waals surface area contributed by atoms with Crippen molar-refractivity contribution < 1.29 is 17.9 Å². The molecule has 1 N–H and O–H groups in total. The molecule has 0 aromatic heterocycles. The number of carbonyl (C=O) groups is 1. The van der Waals surface area contributed by atoms with Gasteiger partial charge in [-0.1, -0.05) is 25.4 Å². The van der Waals surface area contributed by atoms with Crippen LogP contribution in [0.1, 0.15) is 31.1 Å². The monoisotopic (exact) mass is 353 g/mol. The molecule has 0 radical (unpaired) electrons. The maximum Gasteiger partial charge on any atom is 0.265 e. The van der Waals surface area contributed by atoms with E-state index in [4.69, 9.17) is 27.0 Å². The second-order valence-electron chi connectivity index (χ2n) is 4.93. The first kappa shape index (κ1) is 18.1. The summed E-state index contributed by atoms with van der Waals surface area (Å²) in [5, 5.41) is 2.84. The first-order valence-electron chi connectivity index (χ1n) is 6.21. The molecule has 8 heteroatoms. The van der Waals surface area contributed by atoms with Crippen LogP contribution in [0.4, 0.5) is 0 Å². The van der Waals surface area contributed by atoms with Gasteiger partial charge in [0.1, 0.15) is 4.90 Å². The molecule has 0 fully saturated rings. The average molecular weight is 354 g/mol. The van der Waals surface area contributed by atoms with Gasteiger partial charge in [-0.05, 0) is 25.0 Å². The standard InChI is InChI=1S/C13H17Cl2NO4S/c1-7(2)8(3)16-13(17)10-5-9(14)6-11(12(10)20-4)21(15,18)19/h5-8H,1-4H3,(H,16,17). The predicted molar refractivity (Wildman–Crippen MR) is 82.8 cm³/mol. The Morgan fingerprint density at radius 3 is 2.29 bits per heavy atom. The van der Waals surface area contributed by atoms with Crippen molar-refractivity contribution in [2.75, 3.05) is 7.11 Å². The minimum Gasteiger partial charge on any atom is -0.494 e. The summed E-state index contributed by atoms with van der Waals surface area (Å²) in [7, 11) is 2.52. The number of rotatable bonds is 5. The van der Waals surface area contributed by atoms with Gasteiger partial charge in [0.05, 0.1) is 12.7 Å². The van der Waals surface area contributed by atoms with Crippen LogP contribution in [0.5, 0.6) is 5.75 Å². The molecule has 1 aromatic rings. The van der Waals surface area contributed by atoms with Crippen LogP contribution in [0, 0.1) is 5.92 Å². The predicted octanol–water partition coefficient (Wildman–Crippen LogP) is 3.05. The molecule has 1 atom stereocenters. The Bertz CT molecular complexity index is 644. The Hall–Kier alpha value is -0.980. The van der Waals surface area contributed by atoms with Crippen molar-refractivity contribution >= 4 is 37.2 Å². The van der Waals surface area contributed by atoms with E-state index in [1.807, 2.05) is 20.8 Å². The van der Waals surface area contributed by atoms with Crippen molar-refractivity contribution in [2.45, 2.75) is 31.7 Å². The molecule has 1 rings (SSSR count). The Labute approximate surface area is 134 Å². The van der Waals surface area contributed by atoms with Crippen LogP contribution in [0.25, 0.3) is 0 Å². The van der Waals surface area contributed by atoms with Gasteiger partial charge in [-0.25, -0.2) is 8.42 Å². The number of amides is 1. The fourth-order valence-corrected chi connectivity index (χ4v) is 2.89. The molecule has 1 unspecified atom stereocenters. The zero-order valence-electron chi connectivity index (χ0n) is 12.1. The second kappa shape index (κ2) is 6.85. The lowest BCUT2D eigenvalue weighted by Crippen LogP contribution is -2.36. The van der Waals surface area contributed by atoms with E-state index in [2.05, 4.69) is 5.32 Å². The molecule has 21 heavy (non-hydrogen) atoms. The van der Waals surface area contributed by atoms with Crippen molar-refractivity contribution in [3.63, 3.8) is 0 Å².